The summed E-state index contributed by atoms with van der Waals surface area (Å²) >= 11 is 1.82. The number of benzene rings is 1. The fourth-order valence-electron chi connectivity index (χ4n) is 2.27. The summed E-state index contributed by atoms with van der Waals surface area (Å²) in [5.74, 6) is 0.625. The smallest absolute Gasteiger partial charge is 0.212 e. The Kier molecular flexibility index (Phi) is 5.73. The van der Waals surface area contributed by atoms with Crippen molar-refractivity contribution in [1.82, 2.24) is 0 Å². The highest BCUT2D eigenvalue weighted by molar-refractivity contribution is 14.1. The third kappa shape index (κ3) is 3.56. The maximum absolute atomic E-state index is 12.6. The molecular weight excluding hydrogens is 395 g/mol. The molecule has 1 aliphatic carbocycles. The normalized spacial score (nSPS) is 15.6. The lowest BCUT2D eigenvalue weighted by Gasteiger charge is -2.17. The second-order valence-corrected chi connectivity index (χ2v) is 5.35. The van der Waals surface area contributed by atoms with Crippen LogP contribution in [0.3, 0.4) is 0 Å². The molecule has 6 heteroatoms. The number of ketones is 1. The number of hydrogen-bond donors (Lipinski definition) is 2. The van der Waals surface area contributed by atoms with Crippen molar-refractivity contribution in [3.05, 3.63) is 58.5 Å². The van der Waals surface area contributed by atoms with Crippen LogP contribution in [0.2, 0.25) is 0 Å². The van der Waals surface area contributed by atoms with E-state index in [4.69, 9.17) is 15.6 Å². The molecule has 0 aliphatic heterocycles. The van der Waals surface area contributed by atoms with Gasteiger partial charge in [0.05, 0.1) is 42.3 Å². The molecular formula is C16H17IN2O3. The number of methoxy groups -OCH3 is 1. The van der Waals surface area contributed by atoms with Gasteiger partial charge >= 0.3 is 0 Å². The number of nitrogens with zero attached hydrogens (tertiary/aromatic N) is 1. The largest absolute Gasteiger partial charge is 0.501 e. The summed E-state index contributed by atoms with van der Waals surface area (Å²) in [5.41, 5.74) is 8.93. The molecule has 3 N–H and O–H groups in total. The topological polar surface area (TPSA) is 84.9 Å². The molecule has 0 heterocycles. The van der Waals surface area contributed by atoms with Crippen molar-refractivity contribution in [3.8, 4) is 0 Å². The van der Waals surface area contributed by atoms with Crippen LogP contribution < -0.4 is 5.73 Å². The molecule has 0 atom stereocenters. The van der Waals surface area contributed by atoms with Crippen LogP contribution in [0.5, 0.6) is 0 Å². The Morgan fingerprint density at radius 2 is 2.05 bits per heavy atom. The molecule has 22 heavy (non-hydrogen) atoms. The summed E-state index contributed by atoms with van der Waals surface area (Å²) in [6.45, 7) is -0.0512. The number of carbonyl (C=O) groups excluding carboxylic acids is 1. The maximum Gasteiger partial charge on any atom is 0.212 e. The van der Waals surface area contributed by atoms with Gasteiger partial charge < -0.3 is 15.6 Å². The molecule has 0 spiro atoms. The van der Waals surface area contributed by atoms with E-state index in [2.05, 4.69) is 3.21 Å². The lowest BCUT2D eigenvalue weighted by atomic mass is 9.92. The average Bonchev–Trinajstić information content (AvgIpc) is 2.56. The van der Waals surface area contributed by atoms with E-state index in [1.165, 1.54) is 0 Å². The molecule has 0 radical (unpaired) electrons. The van der Waals surface area contributed by atoms with Crippen LogP contribution in [0.25, 0.3) is 0 Å². The predicted molar refractivity (Wildman–Crippen MR) is 93.7 cm³/mol. The summed E-state index contributed by atoms with van der Waals surface area (Å²) in [6, 6.07) is 6.82. The number of nitrogens with two attached hydrogens (primary N) is 1. The standard InChI is InChI=1S/C16H17IN2O3/c1-22-12-6-7-13(14(18)8-12)15(19-17)16(21)11-4-2-10(9-20)3-5-11/h2-5,8,20H,6-7,9,18H2,1H3. The Labute approximate surface area is 143 Å². The molecule has 5 nitrogen and oxygen atoms in total. The van der Waals surface area contributed by atoms with Gasteiger partial charge in [-0.2, -0.15) is 0 Å². The van der Waals surface area contributed by atoms with E-state index in [0.717, 1.165) is 16.9 Å². The van der Waals surface area contributed by atoms with Crippen LogP contribution in [0.4, 0.5) is 0 Å². The minimum atomic E-state index is -0.175. The summed E-state index contributed by atoms with van der Waals surface area (Å²) < 4.78 is 9.30. The van der Waals surface area contributed by atoms with Crippen molar-refractivity contribution in [2.75, 3.05) is 7.11 Å². The van der Waals surface area contributed by atoms with Crippen molar-refractivity contribution in [2.24, 2.45) is 8.94 Å². The monoisotopic (exact) mass is 412 g/mol. The van der Waals surface area contributed by atoms with E-state index in [-0.39, 0.29) is 12.4 Å². The Morgan fingerprint density at radius 1 is 1.36 bits per heavy atom. The SMILES string of the molecule is COC1=CC(N)=C(C(=NI)C(=O)c2ccc(CO)cc2)CC1. The first-order valence-corrected chi connectivity index (χ1v) is 7.74. The van der Waals surface area contributed by atoms with E-state index in [1.807, 2.05) is 22.9 Å². The van der Waals surface area contributed by atoms with Crippen molar-refractivity contribution < 1.29 is 14.6 Å². The molecule has 1 aromatic carbocycles. The number of ether oxygens (including phenoxy) is 1. The summed E-state index contributed by atoms with van der Waals surface area (Å²) in [5, 5.41) is 9.06. The molecule has 0 aromatic heterocycles. The number of hydrogen-bond acceptors (Lipinski definition) is 5. The zero-order valence-electron chi connectivity index (χ0n) is 12.2. The van der Waals surface area contributed by atoms with Crippen LogP contribution >= 0.6 is 22.9 Å². The number of Topliss-reactive ketones (excluding diaryl/α,β-unsaturated/α-hetero) is 1. The van der Waals surface area contributed by atoms with Gasteiger partial charge in [-0.25, -0.2) is 3.21 Å². The molecule has 0 saturated carbocycles. The van der Waals surface area contributed by atoms with Crippen molar-refractivity contribution in [3.63, 3.8) is 0 Å². The maximum atomic E-state index is 12.6. The third-order valence-corrected chi connectivity index (χ3v) is 4.02. The minimum absolute atomic E-state index is 0.0512. The predicted octanol–water partition coefficient (Wildman–Crippen LogP) is 2.69. The molecule has 0 unspecified atom stereocenters. The van der Waals surface area contributed by atoms with E-state index in [0.29, 0.717) is 29.8 Å². The van der Waals surface area contributed by atoms with E-state index in [9.17, 15) is 4.79 Å². The van der Waals surface area contributed by atoms with Gasteiger partial charge in [-0.05, 0) is 18.1 Å². The number of aliphatic hydroxyl groups is 1. The number of allylic oxidation sites excluding steroid dienone is 3. The van der Waals surface area contributed by atoms with Gasteiger partial charge in [-0.1, -0.05) is 24.3 Å². The van der Waals surface area contributed by atoms with Crippen LogP contribution in [-0.4, -0.2) is 23.7 Å². The van der Waals surface area contributed by atoms with Crippen molar-refractivity contribution >= 4 is 34.4 Å². The fourth-order valence-corrected chi connectivity index (χ4v) is 2.78. The minimum Gasteiger partial charge on any atom is -0.501 e. The van der Waals surface area contributed by atoms with Gasteiger partial charge in [-0.3, -0.25) is 4.79 Å². The van der Waals surface area contributed by atoms with Gasteiger partial charge in [0.1, 0.15) is 5.71 Å². The highest BCUT2D eigenvalue weighted by Crippen LogP contribution is 2.25. The number of halogens is 1. The second-order valence-electron chi connectivity index (χ2n) is 4.87. The first kappa shape index (κ1) is 16.7. The Morgan fingerprint density at radius 3 is 2.55 bits per heavy atom. The Hall–Kier alpha value is -1.67. The molecule has 0 bridgehead atoms. The van der Waals surface area contributed by atoms with Crippen LogP contribution in [0, 0.1) is 0 Å². The molecule has 1 aromatic rings. The number of carbonyl (C=O) groups is 1. The highest BCUT2D eigenvalue weighted by Gasteiger charge is 2.23. The molecule has 1 aliphatic rings. The van der Waals surface area contributed by atoms with Crippen molar-refractivity contribution in [1.29, 1.82) is 0 Å². The van der Waals surface area contributed by atoms with E-state index >= 15 is 0 Å². The molecule has 0 fully saturated rings. The van der Waals surface area contributed by atoms with E-state index in [1.54, 1.807) is 37.5 Å². The quantitative estimate of drug-likeness (QED) is 0.443. The molecule has 116 valence electrons. The lowest BCUT2D eigenvalue weighted by Crippen LogP contribution is -2.22. The Bertz CT molecular complexity index is 660. The van der Waals surface area contributed by atoms with Gasteiger partial charge in [0.15, 0.2) is 0 Å². The van der Waals surface area contributed by atoms with Gasteiger partial charge in [0.25, 0.3) is 0 Å². The first-order valence-electron chi connectivity index (χ1n) is 6.77. The average molecular weight is 412 g/mol. The summed E-state index contributed by atoms with van der Waals surface area (Å²) in [7, 11) is 1.60. The Balaban J connectivity index is 2.32. The zero-order chi connectivity index (χ0) is 16.1. The second kappa shape index (κ2) is 7.55. The number of rotatable bonds is 5. The van der Waals surface area contributed by atoms with Crippen LogP contribution in [0.15, 0.2) is 50.6 Å². The van der Waals surface area contributed by atoms with E-state index < -0.39 is 0 Å². The molecule has 0 amide bonds. The summed E-state index contributed by atoms with van der Waals surface area (Å²) in [4.78, 5) is 12.6. The summed E-state index contributed by atoms with van der Waals surface area (Å²) in [6.07, 6.45) is 3.05. The highest BCUT2D eigenvalue weighted by atomic mass is 127. The number of aliphatic hydroxyl groups excluding tert-OH is 1. The van der Waals surface area contributed by atoms with Crippen LogP contribution in [-0.2, 0) is 11.3 Å². The fraction of sp³-hybridized carbons (Fsp3) is 0.250. The van der Waals surface area contributed by atoms with Crippen molar-refractivity contribution in [2.45, 2.75) is 19.4 Å². The zero-order valence-corrected chi connectivity index (χ0v) is 14.3. The van der Waals surface area contributed by atoms with Gasteiger partial charge in [0.2, 0.25) is 5.78 Å². The van der Waals surface area contributed by atoms with Gasteiger partial charge in [0, 0.05) is 23.3 Å². The van der Waals surface area contributed by atoms with Gasteiger partial charge in [-0.15, -0.1) is 0 Å². The third-order valence-electron chi connectivity index (χ3n) is 3.53. The lowest BCUT2D eigenvalue weighted by molar-refractivity contribution is 0.106. The molecule has 2 rings (SSSR count). The van der Waals surface area contributed by atoms with Crippen LogP contribution in [0.1, 0.15) is 28.8 Å². The first-order chi connectivity index (χ1) is 10.6. The molecule has 0 saturated heterocycles.